The topological polar surface area (TPSA) is 121 Å². The summed E-state index contributed by atoms with van der Waals surface area (Å²) in [4.78, 5) is 23.2. The minimum atomic E-state index is -1.01. The highest BCUT2D eigenvalue weighted by Gasteiger charge is 2.19. The molecule has 3 rings (SSSR count). The van der Waals surface area contributed by atoms with Crippen LogP contribution < -0.4 is 5.43 Å². The predicted molar refractivity (Wildman–Crippen MR) is 103 cm³/mol. The second-order valence-electron chi connectivity index (χ2n) is 7.20. The summed E-state index contributed by atoms with van der Waals surface area (Å²) in [5.41, 5.74) is 4.15. The fourth-order valence-electron chi connectivity index (χ4n) is 2.42. The zero-order valence-corrected chi connectivity index (χ0v) is 15.7. The van der Waals surface area contributed by atoms with Gasteiger partial charge in [-0.15, -0.1) is 0 Å². The zero-order chi connectivity index (χ0) is 20.3. The highest BCUT2D eigenvalue weighted by molar-refractivity contribution is 5.93. The second kappa shape index (κ2) is 7.51. The molecule has 0 aliphatic carbocycles. The summed E-state index contributed by atoms with van der Waals surface area (Å²) in [6.45, 7) is 6.04. The molecule has 3 aromatic rings. The van der Waals surface area contributed by atoms with E-state index in [1.54, 1.807) is 30.3 Å². The minimum absolute atomic E-state index is 0.142. The van der Waals surface area contributed by atoms with Crippen LogP contribution in [0, 0.1) is 0 Å². The quantitative estimate of drug-likeness (QED) is 0.462. The number of hydrazone groups is 1. The van der Waals surface area contributed by atoms with Crippen LogP contribution in [0.5, 0.6) is 0 Å². The smallest absolute Gasteiger partial charge is 0.335 e. The lowest BCUT2D eigenvalue weighted by Crippen LogP contribution is -2.18. The Hall–Kier alpha value is -3.68. The van der Waals surface area contributed by atoms with Crippen LogP contribution in [0.3, 0.4) is 0 Å². The molecule has 1 amide bonds. The Labute approximate surface area is 161 Å². The standard InChI is InChI=1S/C20H20N4O4/c1-20(2,3)17-10-15(22-23-17)18(25)24-21-11-14-7-8-16(28-14)12-5-4-6-13(9-12)19(26)27/h4-11H,1-3H3,(H,22,23)(H,24,25)(H,26,27). The first kappa shape index (κ1) is 19.1. The Bertz CT molecular complexity index is 1040. The van der Waals surface area contributed by atoms with Crippen LogP contribution in [0.15, 0.2) is 52.0 Å². The van der Waals surface area contributed by atoms with Gasteiger partial charge in [0.15, 0.2) is 5.69 Å². The molecular formula is C20H20N4O4. The van der Waals surface area contributed by atoms with Crippen LogP contribution in [-0.4, -0.2) is 33.4 Å². The van der Waals surface area contributed by atoms with Gasteiger partial charge < -0.3 is 9.52 Å². The summed E-state index contributed by atoms with van der Waals surface area (Å²) in [5.74, 6) is -0.540. The number of H-pyrrole nitrogens is 1. The van der Waals surface area contributed by atoms with Gasteiger partial charge in [-0.3, -0.25) is 9.89 Å². The van der Waals surface area contributed by atoms with Crippen molar-refractivity contribution in [1.82, 2.24) is 15.6 Å². The molecule has 8 nitrogen and oxygen atoms in total. The first-order chi connectivity index (χ1) is 13.2. The fraction of sp³-hybridized carbons (Fsp3) is 0.200. The van der Waals surface area contributed by atoms with E-state index in [4.69, 9.17) is 9.52 Å². The number of rotatable bonds is 5. The Kier molecular flexibility index (Phi) is 5.12. The number of furan rings is 1. The van der Waals surface area contributed by atoms with Crippen molar-refractivity contribution in [2.45, 2.75) is 26.2 Å². The van der Waals surface area contributed by atoms with Crippen LogP contribution in [0.2, 0.25) is 0 Å². The van der Waals surface area contributed by atoms with Crippen molar-refractivity contribution in [3.05, 3.63) is 65.2 Å². The van der Waals surface area contributed by atoms with E-state index in [2.05, 4.69) is 20.7 Å². The van der Waals surface area contributed by atoms with Gasteiger partial charge in [-0.05, 0) is 30.3 Å². The molecule has 2 heterocycles. The lowest BCUT2D eigenvalue weighted by atomic mass is 9.92. The summed E-state index contributed by atoms with van der Waals surface area (Å²) in [6.07, 6.45) is 1.36. The first-order valence-electron chi connectivity index (χ1n) is 8.57. The lowest BCUT2D eigenvalue weighted by molar-refractivity contribution is 0.0696. The maximum absolute atomic E-state index is 12.1. The molecule has 0 radical (unpaired) electrons. The molecule has 0 spiro atoms. The van der Waals surface area contributed by atoms with Gasteiger partial charge in [0.1, 0.15) is 11.5 Å². The number of hydrogen-bond donors (Lipinski definition) is 3. The Morgan fingerprint density at radius 3 is 2.68 bits per heavy atom. The van der Waals surface area contributed by atoms with Gasteiger partial charge in [0, 0.05) is 16.7 Å². The van der Waals surface area contributed by atoms with Crippen LogP contribution in [0.1, 0.15) is 53.1 Å². The Morgan fingerprint density at radius 1 is 1.21 bits per heavy atom. The molecule has 1 aromatic carbocycles. The monoisotopic (exact) mass is 380 g/mol. The maximum Gasteiger partial charge on any atom is 0.335 e. The van der Waals surface area contributed by atoms with Crippen molar-refractivity contribution in [3.63, 3.8) is 0 Å². The number of nitrogens with one attached hydrogen (secondary N) is 2. The molecule has 28 heavy (non-hydrogen) atoms. The van der Waals surface area contributed by atoms with Crippen LogP contribution in [-0.2, 0) is 5.41 Å². The van der Waals surface area contributed by atoms with E-state index in [-0.39, 0.29) is 16.7 Å². The van der Waals surface area contributed by atoms with Gasteiger partial charge >= 0.3 is 5.97 Å². The fourth-order valence-corrected chi connectivity index (χ4v) is 2.42. The normalized spacial score (nSPS) is 11.7. The first-order valence-corrected chi connectivity index (χ1v) is 8.57. The number of carboxylic acids is 1. The third-order valence-corrected chi connectivity index (χ3v) is 4.00. The molecule has 0 saturated carbocycles. The highest BCUT2D eigenvalue weighted by atomic mass is 16.4. The average molecular weight is 380 g/mol. The van der Waals surface area contributed by atoms with Gasteiger partial charge in [0.05, 0.1) is 11.8 Å². The summed E-state index contributed by atoms with van der Waals surface area (Å²) in [5, 5.41) is 19.8. The molecule has 0 aliphatic rings. The van der Waals surface area contributed by atoms with Gasteiger partial charge in [-0.1, -0.05) is 32.9 Å². The summed E-state index contributed by atoms with van der Waals surface area (Å²) in [6, 6.07) is 11.5. The molecule has 0 saturated heterocycles. The number of amides is 1. The zero-order valence-electron chi connectivity index (χ0n) is 15.7. The predicted octanol–water partition coefficient (Wildman–Crippen LogP) is 3.43. The summed E-state index contributed by atoms with van der Waals surface area (Å²) < 4.78 is 5.63. The lowest BCUT2D eigenvalue weighted by Gasteiger charge is -2.14. The highest BCUT2D eigenvalue weighted by Crippen LogP contribution is 2.23. The van der Waals surface area contributed by atoms with E-state index in [1.165, 1.54) is 18.3 Å². The van der Waals surface area contributed by atoms with E-state index in [0.717, 1.165) is 5.69 Å². The van der Waals surface area contributed by atoms with E-state index in [9.17, 15) is 9.59 Å². The molecular weight excluding hydrogens is 360 g/mol. The molecule has 0 bridgehead atoms. The van der Waals surface area contributed by atoms with E-state index >= 15 is 0 Å². The summed E-state index contributed by atoms with van der Waals surface area (Å²) >= 11 is 0. The minimum Gasteiger partial charge on any atom is -0.478 e. The molecule has 2 aromatic heterocycles. The number of nitrogens with zero attached hydrogens (tertiary/aromatic N) is 2. The van der Waals surface area contributed by atoms with Crippen LogP contribution in [0.25, 0.3) is 11.3 Å². The molecule has 0 atom stereocenters. The number of carbonyl (C=O) groups is 2. The van der Waals surface area contributed by atoms with E-state index in [0.29, 0.717) is 17.1 Å². The number of carboxylic acid groups (broad SMARTS) is 1. The molecule has 0 aliphatic heterocycles. The van der Waals surface area contributed by atoms with Crippen LogP contribution >= 0.6 is 0 Å². The second-order valence-corrected chi connectivity index (χ2v) is 7.20. The largest absolute Gasteiger partial charge is 0.478 e. The molecule has 144 valence electrons. The van der Waals surface area contributed by atoms with Gasteiger partial charge in [-0.25, -0.2) is 10.2 Å². The average Bonchev–Trinajstić information content (AvgIpc) is 3.31. The Balaban J connectivity index is 1.66. The molecule has 8 heteroatoms. The number of aromatic amines is 1. The van der Waals surface area contributed by atoms with Crippen molar-refractivity contribution in [2.24, 2.45) is 5.10 Å². The van der Waals surface area contributed by atoms with Crippen LogP contribution in [0.4, 0.5) is 0 Å². The third kappa shape index (κ3) is 4.35. The van der Waals surface area contributed by atoms with Crippen molar-refractivity contribution in [3.8, 4) is 11.3 Å². The molecule has 0 unspecified atom stereocenters. The van der Waals surface area contributed by atoms with E-state index < -0.39 is 11.9 Å². The molecule has 3 N–H and O–H groups in total. The van der Waals surface area contributed by atoms with Gasteiger partial charge in [-0.2, -0.15) is 10.2 Å². The number of aromatic carboxylic acids is 1. The Morgan fingerprint density at radius 2 is 2.00 bits per heavy atom. The van der Waals surface area contributed by atoms with Crippen molar-refractivity contribution >= 4 is 18.1 Å². The van der Waals surface area contributed by atoms with Crippen molar-refractivity contribution in [2.75, 3.05) is 0 Å². The number of carbonyl (C=O) groups excluding carboxylic acids is 1. The number of hydrogen-bond acceptors (Lipinski definition) is 5. The SMILES string of the molecule is CC(C)(C)c1cc(C(=O)NN=Cc2ccc(-c3cccc(C(=O)O)c3)o2)n[nH]1. The third-order valence-electron chi connectivity index (χ3n) is 4.00. The van der Waals surface area contributed by atoms with Crippen molar-refractivity contribution < 1.29 is 19.1 Å². The van der Waals surface area contributed by atoms with Crippen molar-refractivity contribution in [1.29, 1.82) is 0 Å². The van der Waals surface area contributed by atoms with Gasteiger partial charge in [0.2, 0.25) is 0 Å². The maximum atomic E-state index is 12.1. The molecule has 0 fully saturated rings. The van der Waals surface area contributed by atoms with Gasteiger partial charge in [0.25, 0.3) is 5.91 Å². The van der Waals surface area contributed by atoms with E-state index in [1.807, 2.05) is 20.8 Å². The number of benzene rings is 1. The summed E-state index contributed by atoms with van der Waals surface area (Å²) in [7, 11) is 0. The number of aromatic nitrogens is 2.